The van der Waals surface area contributed by atoms with Crippen molar-refractivity contribution in [3.63, 3.8) is 0 Å². The van der Waals surface area contributed by atoms with Crippen LogP contribution in [0.1, 0.15) is 59.8 Å². The fraction of sp³-hybridized carbons (Fsp3) is 1.00. The van der Waals surface area contributed by atoms with Crippen LogP contribution in [0.25, 0.3) is 0 Å². The summed E-state index contributed by atoms with van der Waals surface area (Å²) >= 11 is 0. The Morgan fingerprint density at radius 3 is 2.44 bits per heavy atom. The summed E-state index contributed by atoms with van der Waals surface area (Å²) in [6.07, 6.45) is 5.97. The van der Waals surface area contributed by atoms with E-state index in [1.807, 2.05) is 0 Å². The average molecular weight is 253 g/mol. The van der Waals surface area contributed by atoms with Crippen LogP contribution < -0.4 is 0 Å². The van der Waals surface area contributed by atoms with Gasteiger partial charge in [-0.05, 0) is 55.9 Å². The quantitative estimate of drug-likeness (QED) is 0.775. The molecule has 1 aliphatic carbocycles. The third kappa shape index (κ3) is 3.27. The Bertz CT molecular complexity index is 271. The number of aliphatic hydroxyl groups excluding tert-OH is 1. The van der Waals surface area contributed by atoms with Crippen LogP contribution in [0.2, 0.25) is 0 Å². The van der Waals surface area contributed by atoms with E-state index in [0.717, 1.165) is 18.3 Å². The van der Waals surface area contributed by atoms with Gasteiger partial charge in [0.15, 0.2) is 0 Å². The maximum atomic E-state index is 10.3. The monoisotopic (exact) mass is 253 g/mol. The number of piperidine rings is 1. The van der Waals surface area contributed by atoms with Crippen molar-refractivity contribution in [1.82, 2.24) is 4.90 Å². The Morgan fingerprint density at radius 1 is 1.11 bits per heavy atom. The summed E-state index contributed by atoms with van der Waals surface area (Å²) in [5.41, 5.74) is 0.389. The summed E-state index contributed by atoms with van der Waals surface area (Å²) in [7, 11) is 0. The summed E-state index contributed by atoms with van der Waals surface area (Å²) in [5.74, 6) is 1.57. The molecule has 0 aromatic heterocycles. The minimum atomic E-state index is -0.0890. The van der Waals surface area contributed by atoms with Crippen LogP contribution in [-0.2, 0) is 0 Å². The SMILES string of the molecule is CC1CCCN(C2CC(C(C)(C)C)CCC2O)C1. The van der Waals surface area contributed by atoms with Crippen LogP contribution in [0.5, 0.6) is 0 Å². The van der Waals surface area contributed by atoms with E-state index in [1.165, 1.54) is 38.8 Å². The van der Waals surface area contributed by atoms with E-state index in [2.05, 4.69) is 32.6 Å². The number of hydrogen-bond donors (Lipinski definition) is 1. The number of aliphatic hydroxyl groups is 1. The number of likely N-dealkylation sites (tertiary alicyclic amines) is 1. The molecule has 2 heteroatoms. The molecule has 4 unspecified atom stereocenters. The zero-order valence-electron chi connectivity index (χ0n) is 12.7. The maximum absolute atomic E-state index is 10.3. The summed E-state index contributed by atoms with van der Waals surface area (Å²) < 4.78 is 0. The predicted molar refractivity (Wildman–Crippen MR) is 76.6 cm³/mol. The van der Waals surface area contributed by atoms with Gasteiger partial charge in [-0.25, -0.2) is 0 Å². The van der Waals surface area contributed by atoms with Crippen molar-refractivity contribution in [3.8, 4) is 0 Å². The Balaban J connectivity index is 2.01. The first-order valence-electron chi connectivity index (χ1n) is 7.80. The van der Waals surface area contributed by atoms with Gasteiger partial charge in [0, 0.05) is 12.6 Å². The van der Waals surface area contributed by atoms with E-state index >= 15 is 0 Å². The standard InChI is InChI=1S/C16H31NO/c1-12-6-5-9-17(11-12)14-10-13(16(2,3)4)7-8-15(14)18/h12-15,18H,5-11H2,1-4H3. The van der Waals surface area contributed by atoms with Gasteiger partial charge in [0.05, 0.1) is 6.10 Å². The highest BCUT2D eigenvalue weighted by Gasteiger charge is 2.38. The molecule has 1 aliphatic heterocycles. The number of rotatable bonds is 1. The van der Waals surface area contributed by atoms with Crippen LogP contribution in [0, 0.1) is 17.3 Å². The average Bonchev–Trinajstić information content (AvgIpc) is 2.28. The third-order valence-electron chi connectivity index (χ3n) is 5.16. The van der Waals surface area contributed by atoms with Gasteiger partial charge in [0.25, 0.3) is 0 Å². The predicted octanol–water partition coefficient (Wildman–Crippen LogP) is 3.29. The molecule has 2 fully saturated rings. The van der Waals surface area contributed by atoms with Gasteiger partial charge in [0.2, 0.25) is 0 Å². The maximum Gasteiger partial charge on any atom is 0.0695 e. The van der Waals surface area contributed by atoms with Crippen LogP contribution >= 0.6 is 0 Å². The first-order valence-corrected chi connectivity index (χ1v) is 7.80. The number of nitrogens with zero attached hydrogens (tertiary/aromatic N) is 1. The second kappa shape index (κ2) is 5.50. The molecule has 1 saturated heterocycles. The van der Waals surface area contributed by atoms with E-state index in [1.54, 1.807) is 0 Å². The Labute approximate surface area is 113 Å². The van der Waals surface area contributed by atoms with Crippen molar-refractivity contribution in [2.24, 2.45) is 17.3 Å². The van der Waals surface area contributed by atoms with E-state index in [0.29, 0.717) is 11.5 Å². The van der Waals surface area contributed by atoms with Gasteiger partial charge >= 0.3 is 0 Å². The van der Waals surface area contributed by atoms with E-state index in [-0.39, 0.29) is 6.10 Å². The molecule has 0 aromatic rings. The lowest BCUT2D eigenvalue weighted by Gasteiger charge is -2.46. The first kappa shape index (κ1) is 14.3. The van der Waals surface area contributed by atoms with Gasteiger partial charge in [-0.1, -0.05) is 27.7 Å². The Kier molecular flexibility index (Phi) is 4.38. The molecule has 2 aliphatic rings. The molecular weight excluding hydrogens is 222 g/mol. The van der Waals surface area contributed by atoms with Gasteiger partial charge in [-0.15, -0.1) is 0 Å². The smallest absolute Gasteiger partial charge is 0.0695 e. The fourth-order valence-corrected chi connectivity index (χ4v) is 3.84. The molecule has 0 aromatic carbocycles. The molecule has 1 N–H and O–H groups in total. The summed E-state index contributed by atoms with van der Waals surface area (Å²) in [6.45, 7) is 11.8. The Hall–Kier alpha value is -0.0800. The third-order valence-corrected chi connectivity index (χ3v) is 5.16. The fourth-order valence-electron chi connectivity index (χ4n) is 3.84. The van der Waals surface area contributed by atoms with Crippen LogP contribution in [0.4, 0.5) is 0 Å². The normalized spacial score (nSPS) is 39.8. The molecule has 18 heavy (non-hydrogen) atoms. The second-order valence-electron chi connectivity index (χ2n) is 7.75. The molecule has 0 spiro atoms. The first-order chi connectivity index (χ1) is 8.38. The highest BCUT2D eigenvalue weighted by molar-refractivity contribution is 4.92. The molecule has 0 amide bonds. The van der Waals surface area contributed by atoms with Crippen LogP contribution in [0.3, 0.4) is 0 Å². The molecule has 0 radical (unpaired) electrons. The van der Waals surface area contributed by atoms with Crippen molar-refractivity contribution < 1.29 is 5.11 Å². The Morgan fingerprint density at radius 2 is 1.83 bits per heavy atom. The van der Waals surface area contributed by atoms with Gasteiger partial charge in [-0.3, -0.25) is 4.90 Å². The highest BCUT2D eigenvalue weighted by atomic mass is 16.3. The largest absolute Gasteiger partial charge is 0.391 e. The van der Waals surface area contributed by atoms with Crippen LogP contribution in [0.15, 0.2) is 0 Å². The molecule has 1 heterocycles. The van der Waals surface area contributed by atoms with Crippen molar-refractivity contribution in [3.05, 3.63) is 0 Å². The number of hydrogen-bond acceptors (Lipinski definition) is 2. The molecule has 106 valence electrons. The molecule has 1 saturated carbocycles. The molecule has 4 atom stereocenters. The van der Waals surface area contributed by atoms with Gasteiger partial charge < -0.3 is 5.11 Å². The van der Waals surface area contributed by atoms with Crippen molar-refractivity contribution in [1.29, 1.82) is 0 Å². The van der Waals surface area contributed by atoms with Crippen molar-refractivity contribution >= 4 is 0 Å². The van der Waals surface area contributed by atoms with Gasteiger partial charge in [0.1, 0.15) is 0 Å². The molecule has 0 bridgehead atoms. The van der Waals surface area contributed by atoms with E-state index in [9.17, 15) is 5.11 Å². The summed E-state index contributed by atoms with van der Waals surface area (Å²) in [4.78, 5) is 2.58. The molecular formula is C16H31NO. The zero-order valence-corrected chi connectivity index (χ0v) is 12.7. The summed E-state index contributed by atoms with van der Waals surface area (Å²) in [5, 5.41) is 10.3. The van der Waals surface area contributed by atoms with E-state index in [4.69, 9.17) is 0 Å². The lowest BCUT2D eigenvalue weighted by Crippen LogP contribution is -2.52. The van der Waals surface area contributed by atoms with Gasteiger partial charge in [-0.2, -0.15) is 0 Å². The van der Waals surface area contributed by atoms with E-state index < -0.39 is 0 Å². The summed E-state index contributed by atoms with van der Waals surface area (Å²) in [6, 6.07) is 0.422. The zero-order chi connectivity index (χ0) is 13.3. The van der Waals surface area contributed by atoms with Crippen molar-refractivity contribution in [2.45, 2.75) is 71.9 Å². The second-order valence-corrected chi connectivity index (χ2v) is 7.75. The minimum absolute atomic E-state index is 0.0890. The lowest BCUT2D eigenvalue weighted by molar-refractivity contribution is -0.0298. The lowest BCUT2D eigenvalue weighted by atomic mass is 9.69. The van der Waals surface area contributed by atoms with Crippen LogP contribution in [-0.4, -0.2) is 35.2 Å². The molecule has 2 rings (SSSR count). The molecule has 2 nitrogen and oxygen atoms in total. The topological polar surface area (TPSA) is 23.5 Å². The van der Waals surface area contributed by atoms with Crippen molar-refractivity contribution in [2.75, 3.05) is 13.1 Å². The minimum Gasteiger partial charge on any atom is -0.391 e. The highest BCUT2D eigenvalue weighted by Crippen LogP contribution is 2.40.